The molecule has 1 unspecified atom stereocenters. The van der Waals surface area contributed by atoms with E-state index in [1.165, 1.54) is 32.1 Å². The van der Waals surface area contributed by atoms with Crippen LogP contribution in [0.4, 0.5) is 0 Å². The van der Waals surface area contributed by atoms with Crippen LogP contribution in [0.25, 0.3) is 0 Å². The third kappa shape index (κ3) is 5.06. The Kier molecular flexibility index (Phi) is 7.52. The number of unbranched alkanes of at least 4 members (excludes halogenated alkanes) is 1. The maximum Gasteiger partial charge on any atom is 0.237 e. The number of primary amides is 1. The number of rotatable bonds is 9. The minimum atomic E-state index is -0.554. The molecule has 1 amide bonds. The van der Waals surface area contributed by atoms with Crippen LogP contribution < -0.4 is 11.1 Å². The summed E-state index contributed by atoms with van der Waals surface area (Å²) in [6.45, 7) is 6.45. The van der Waals surface area contributed by atoms with Gasteiger partial charge in [-0.05, 0) is 59.2 Å². The van der Waals surface area contributed by atoms with Crippen LogP contribution in [0.2, 0.25) is 0 Å². The van der Waals surface area contributed by atoms with E-state index in [1.54, 1.807) is 0 Å². The number of hydrogen-bond acceptors (Lipinski definition) is 3. The lowest BCUT2D eigenvalue weighted by Gasteiger charge is -2.34. The summed E-state index contributed by atoms with van der Waals surface area (Å²) in [6, 6.07) is 0.792. The molecule has 4 nitrogen and oxygen atoms in total. The molecule has 0 aromatic carbocycles. The zero-order valence-electron chi connectivity index (χ0n) is 13.6. The van der Waals surface area contributed by atoms with Crippen LogP contribution >= 0.6 is 0 Å². The van der Waals surface area contributed by atoms with Gasteiger partial charge in [0.15, 0.2) is 0 Å². The van der Waals surface area contributed by atoms with Gasteiger partial charge in [0.05, 0.1) is 5.54 Å². The van der Waals surface area contributed by atoms with Crippen LogP contribution in [-0.2, 0) is 4.79 Å². The van der Waals surface area contributed by atoms with Gasteiger partial charge < -0.3 is 16.0 Å². The van der Waals surface area contributed by atoms with Crippen molar-refractivity contribution >= 4 is 5.91 Å². The summed E-state index contributed by atoms with van der Waals surface area (Å²) >= 11 is 0. The van der Waals surface area contributed by atoms with Crippen molar-refractivity contribution < 1.29 is 4.79 Å². The molecule has 0 aromatic rings. The number of carbonyl (C=O) groups excluding carboxylic acids is 1. The van der Waals surface area contributed by atoms with Crippen LogP contribution in [-0.4, -0.2) is 42.5 Å². The molecule has 1 aliphatic carbocycles. The fourth-order valence-electron chi connectivity index (χ4n) is 3.21. The summed E-state index contributed by atoms with van der Waals surface area (Å²) in [5, 5.41) is 3.06. The number of nitrogens with zero attached hydrogens (tertiary/aromatic N) is 1. The van der Waals surface area contributed by atoms with Gasteiger partial charge >= 0.3 is 0 Å². The highest BCUT2D eigenvalue weighted by Crippen LogP contribution is 2.23. The first-order valence-corrected chi connectivity index (χ1v) is 8.26. The maximum absolute atomic E-state index is 11.4. The second-order valence-electron chi connectivity index (χ2n) is 6.32. The van der Waals surface area contributed by atoms with E-state index >= 15 is 0 Å². The number of amides is 1. The standard InChI is InChI=1S/C16H33N3O/c1-4-19(14-10-6-5-7-11-14)13-9-8-12-16(2,18-3)15(17)20/h14,18H,4-13H2,1-3H3,(H2,17,20). The first kappa shape index (κ1) is 17.4. The smallest absolute Gasteiger partial charge is 0.237 e. The van der Waals surface area contributed by atoms with Crippen molar-refractivity contribution in [2.24, 2.45) is 5.73 Å². The van der Waals surface area contributed by atoms with Crippen molar-refractivity contribution in [3.63, 3.8) is 0 Å². The van der Waals surface area contributed by atoms with E-state index in [4.69, 9.17) is 5.73 Å². The molecule has 1 aliphatic rings. The van der Waals surface area contributed by atoms with Crippen molar-refractivity contribution in [3.8, 4) is 0 Å². The quantitative estimate of drug-likeness (QED) is 0.638. The molecule has 0 saturated heterocycles. The van der Waals surface area contributed by atoms with Crippen LogP contribution in [0, 0.1) is 0 Å². The van der Waals surface area contributed by atoms with Gasteiger partial charge in [-0.1, -0.05) is 26.2 Å². The molecule has 0 spiro atoms. The Hall–Kier alpha value is -0.610. The summed E-state index contributed by atoms with van der Waals surface area (Å²) in [7, 11) is 1.81. The SMILES string of the molecule is CCN(CCCCC(C)(NC)C(N)=O)C1CCCCC1. The normalized spacial score (nSPS) is 20.0. The van der Waals surface area contributed by atoms with E-state index < -0.39 is 5.54 Å². The third-order valence-electron chi connectivity index (χ3n) is 4.96. The molecule has 3 N–H and O–H groups in total. The Labute approximate surface area is 124 Å². The van der Waals surface area contributed by atoms with E-state index in [1.807, 2.05) is 14.0 Å². The van der Waals surface area contributed by atoms with Gasteiger partial charge in [-0.25, -0.2) is 0 Å². The number of likely N-dealkylation sites (N-methyl/N-ethyl adjacent to an activating group) is 1. The van der Waals surface area contributed by atoms with E-state index in [0.717, 1.165) is 38.4 Å². The van der Waals surface area contributed by atoms with Gasteiger partial charge in [-0.2, -0.15) is 0 Å². The number of carbonyl (C=O) groups is 1. The molecule has 0 bridgehead atoms. The minimum absolute atomic E-state index is 0.250. The predicted molar refractivity (Wildman–Crippen MR) is 84.6 cm³/mol. The van der Waals surface area contributed by atoms with E-state index in [2.05, 4.69) is 17.1 Å². The van der Waals surface area contributed by atoms with E-state index in [9.17, 15) is 4.79 Å². The largest absolute Gasteiger partial charge is 0.368 e. The molecule has 4 heteroatoms. The fourth-order valence-corrected chi connectivity index (χ4v) is 3.21. The summed E-state index contributed by atoms with van der Waals surface area (Å²) in [4.78, 5) is 14.1. The predicted octanol–water partition coefficient (Wildman–Crippen LogP) is 2.27. The monoisotopic (exact) mass is 283 g/mol. The molecule has 1 atom stereocenters. The Bertz CT molecular complexity index is 289. The second-order valence-corrected chi connectivity index (χ2v) is 6.32. The lowest BCUT2D eigenvalue weighted by atomic mass is 9.92. The zero-order valence-corrected chi connectivity index (χ0v) is 13.6. The van der Waals surface area contributed by atoms with Crippen LogP contribution in [0.5, 0.6) is 0 Å². The number of hydrogen-bond donors (Lipinski definition) is 2. The molecule has 1 fully saturated rings. The van der Waals surface area contributed by atoms with Gasteiger partial charge in [-0.3, -0.25) is 4.79 Å². The third-order valence-corrected chi connectivity index (χ3v) is 4.96. The average Bonchev–Trinajstić information content (AvgIpc) is 2.47. The molecule has 0 aliphatic heterocycles. The molecule has 0 aromatic heterocycles. The Morgan fingerprint density at radius 2 is 1.95 bits per heavy atom. The highest BCUT2D eigenvalue weighted by atomic mass is 16.1. The second kappa shape index (κ2) is 8.63. The Morgan fingerprint density at radius 3 is 2.45 bits per heavy atom. The molecular formula is C16H33N3O. The molecule has 0 heterocycles. The van der Waals surface area contributed by atoms with E-state index in [0.29, 0.717) is 0 Å². The van der Waals surface area contributed by atoms with Gasteiger partial charge in [0.2, 0.25) is 5.91 Å². The summed E-state index contributed by atoms with van der Waals surface area (Å²) in [5.74, 6) is -0.250. The molecule has 1 saturated carbocycles. The summed E-state index contributed by atoms with van der Waals surface area (Å²) in [6.07, 6.45) is 9.93. The zero-order chi connectivity index (χ0) is 15.0. The summed E-state index contributed by atoms with van der Waals surface area (Å²) in [5.41, 5.74) is 4.90. The van der Waals surface area contributed by atoms with Gasteiger partial charge in [0, 0.05) is 6.04 Å². The number of nitrogens with one attached hydrogen (secondary N) is 1. The molecule has 0 radical (unpaired) electrons. The van der Waals surface area contributed by atoms with Crippen molar-refractivity contribution in [2.45, 2.75) is 76.8 Å². The van der Waals surface area contributed by atoms with E-state index in [-0.39, 0.29) is 5.91 Å². The highest BCUT2D eigenvalue weighted by molar-refractivity contribution is 5.84. The molecular weight excluding hydrogens is 250 g/mol. The molecule has 1 rings (SSSR count). The maximum atomic E-state index is 11.4. The van der Waals surface area contributed by atoms with Crippen LogP contribution in [0.1, 0.15) is 65.2 Å². The summed E-state index contributed by atoms with van der Waals surface area (Å²) < 4.78 is 0. The van der Waals surface area contributed by atoms with Gasteiger partial charge in [-0.15, -0.1) is 0 Å². The van der Waals surface area contributed by atoms with Crippen molar-refractivity contribution in [2.75, 3.05) is 20.1 Å². The lowest BCUT2D eigenvalue weighted by molar-refractivity contribution is -0.123. The minimum Gasteiger partial charge on any atom is -0.368 e. The number of nitrogens with two attached hydrogens (primary N) is 1. The van der Waals surface area contributed by atoms with Crippen molar-refractivity contribution in [1.29, 1.82) is 0 Å². The van der Waals surface area contributed by atoms with Crippen LogP contribution in [0.3, 0.4) is 0 Å². The lowest BCUT2D eigenvalue weighted by Crippen LogP contribution is -2.51. The topological polar surface area (TPSA) is 58.4 Å². The molecule has 118 valence electrons. The highest BCUT2D eigenvalue weighted by Gasteiger charge is 2.28. The first-order chi connectivity index (χ1) is 9.53. The average molecular weight is 283 g/mol. The van der Waals surface area contributed by atoms with Gasteiger partial charge in [0.25, 0.3) is 0 Å². The van der Waals surface area contributed by atoms with Gasteiger partial charge in [0.1, 0.15) is 0 Å². The Balaban J connectivity index is 2.29. The fraction of sp³-hybridized carbons (Fsp3) is 0.938. The van der Waals surface area contributed by atoms with Crippen molar-refractivity contribution in [1.82, 2.24) is 10.2 Å². The Morgan fingerprint density at radius 1 is 1.30 bits per heavy atom. The van der Waals surface area contributed by atoms with Crippen LogP contribution in [0.15, 0.2) is 0 Å². The van der Waals surface area contributed by atoms with Crippen molar-refractivity contribution in [3.05, 3.63) is 0 Å². The first-order valence-electron chi connectivity index (χ1n) is 8.26. The molecule has 20 heavy (non-hydrogen) atoms.